The predicted molar refractivity (Wildman–Crippen MR) is 166 cm³/mol. The van der Waals surface area contributed by atoms with Crippen molar-refractivity contribution in [2.45, 2.75) is 64.2 Å². The van der Waals surface area contributed by atoms with Crippen LogP contribution in [0.4, 0.5) is 19.3 Å². The molecule has 1 aromatic heterocycles. The molecule has 12 nitrogen and oxygen atoms in total. The van der Waals surface area contributed by atoms with Crippen LogP contribution in [0.25, 0.3) is 10.9 Å². The van der Waals surface area contributed by atoms with E-state index in [-0.39, 0.29) is 41.8 Å². The molecule has 0 bridgehead atoms. The highest BCUT2D eigenvalue weighted by atomic mass is 32.2. The van der Waals surface area contributed by atoms with Crippen LogP contribution in [-0.4, -0.2) is 83.5 Å². The molecular formula is C31H37F2N5O7S. The van der Waals surface area contributed by atoms with Crippen molar-refractivity contribution in [3.05, 3.63) is 69.8 Å². The number of hydrogen-bond donors (Lipinski definition) is 1. The number of aromatic nitrogens is 2. The molecule has 1 atom stereocenters. The fourth-order valence-corrected chi connectivity index (χ4v) is 6.61. The first-order chi connectivity index (χ1) is 21.5. The average Bonchev–Trinajstić information content (AvgIpc) is 3.40. The van der Waals surface area contributed by atoms with Crippen LogP contribution in [-0.2, 0) is 19.7 Å². The van der Waals surface area contributed by atoms with Crippen molar-refractivity contribution in [1.82, 2.24) is 18.8 Å². The predicted octanol–water partition coefficient (Wildman–Crippen LogP) is 4.25. The Morgan fingerprint density at radius 1 is 1.17 bits per heavy atom. The molecule has 1 N–H and O–H groups in total. The van der Waals surface area contributed by atoms with Crippen LogP contribution in [0.15, 0.2) is 41.5 Å². The van der Waals surface area contributed by atoms with Crippen molar-refractivity contribution in [2.75, 3.05) is 38.0 Å². The molecule has 0 radical (unpaired) electrons. The number of rotatable bonds is 7. The number of anilines is 1. The topological polar surface area (TPSA) is 140 Å². The third-order valence-corrected chi connectivity index (χ3v) is 9.92. The average molecular weight is 662 g/mol. The molecule has 2 aliphatic heterocycles. The molecule has 46 heavy (non-hydrogen) atoms. The SMILES string of the molecule is CCN(C)S(=O)(=O)Nc1ccc(F)c(C(=O)c2ccc3ncn([C@H]4COC5(CCN(C(=O)OC(C)(C)C)CC5)C4)c(=O)c3c2)c1F. The molecule has 2 aromatic carbocycles. The Labute approximate surface area is 265 Å². The summed E-state index contributed by atoms with van der Waals surface area (Å²) in [7, 11) is -2.88. The Morgan fingerprint density at radius 3 is 2.52 bits per heavy atom. The molecule has 0 saturated carbocycles. The summed E-state index contributed by atoms with van der Waals surface area (Å²) in [5.41, 5.74) is -3.05. The molecular weight excluding hydrogens is 624 g/mol. The smallest absolute Gasteiger partial charge is 0.410 e. The van der Waals surface area contributed by atoms with E-state index in [1.807, 2.05) is 25.5 Å². The molecule has 2 saturated heterocycles. The molecule has 15 heteroatoms. The summed E-state index contributed by atoms with van der Waals surface area (Å²) in [6, 6.07) is 5.26. The number of carbonyl (C=O) groups is 2. The van der Waals surface area contributed by atoms with Gasteiger partial charge in [0, 0.05) is 32.2 Å². The van der Waals surface area contributed by atoms with Crippen LogP contribution >= 0.6 is 0 Å². The van der Waals surface area contributed by atoms with Gasteiger partial charge in [-0.25, -0.2) is 18.6 Å². The molecule has 0 aliphatic carbocycles. The molecule has 248 valence electrons. The number of fused-ring (bicyclic) bond motifs is 1. The highest BCUT2D eigenvalue weighted by Crippen LogP contribution is 2.40. The molecule has 0 unspecified atom stereocenters. The Hall–Kier alpha value is -3.95. The number of ether oxygens (including phenoxy) is 2. The fourth-order valence-electron chi connectivity index (χ4n) is 5.68. The van der Waals surface area contributed by atoms with Gasteiger partial charge in [-0.3, -0.25) is 18.9 Å². The molecule has 3 heterocycles. The van der Waals surface area contributed by atoms with Crippen molar-refractivity contribution in [1.29, 1.82) is 0 Å². The molecule has 2 fully saturated rings. The normalized spacial score (nSPS) is 18.3. The maximum Gasteiger partial charge on any atom is 0.410 e. The van der Waals surface area contributed by atoms with Crippen LogP contribution < -0.4 is 10.3 Å². The van der Waals surface area contributed by atoms with E-state index in [1.54, 1.807) is 11.8 Å². The summed E-state index contributed by atoms with van der Waals surface area (Å²) in [4.78, 5) is 45.6. The number of carbonyl (C=O) groups excluding carboxylic acids is 2. The Kier molecular flexibility index (Phi) is 8.96. The monoisotopic (exact) mass is 661 g/mol. The summed E-state index contributed by atoms with van der Waals surface area (Å²) < 4.78 is 71.2. The number of piperidine rings is 1. The summed E-state index contributed by atoms with van der Waals surface area (Å²) in [5.74, 6) is -3.64. The third-order valence-electron chi connectivity index (χ3n) is 8.37. The summed E-state index contributed by atoms with van der Waals surface area (Å²) >= 11 is 0. The van der Waals surface area contributed by atoms with Crippen molar-refractivity contribution in [2.24, 2.45) is 0 Å². The largest absolute Gasteiger partial charge is 0.444 e. The molecule has 1 amide bonds. The van der Waals surface area contributed by atoms with E-state index in [0.717, 1.165) is 16.4 Å². The number of ketones is 1. The Balaban J connectivity index is 1.37. The van der Waals surface area contributed by atoms with E-state index in [0.29, 0.717) is 32.4 Å². The maximum absolute atomic E-state index is 15.4. The highest BCUT2D eigenvalue weighted by Gasteiger charge is 2.45. The van der Waals surface area contributed by atoms with Crippen LogP contribution in [0.2, 0.25) is 0 Å². The van der Waals surface area contributed by atoms with E-state index in [4.69, 9.17) is 9.47 Å². The number of nitrogens with zero attached hydrogens (tertiary/aromatic N) is 4. The van der Waals surface area contributed by atoms with Gasteiger partial charge in [-0.2, -0.15) is 12.7 Å². The van der Waals surface area contributed by atoms with Crippen LogP contribution in [0.1, 0.15) is 68.9 Å². The van der Waals surface area contributed by atoms with E-state index < -0.39 is 55.6 Å². The number of hydrogen-bond acceptors (Lipinski definition) is 8. The Bertz CT molecular complexity index is 1850. The van der Waals surface area contributed by atoms with Gasteiger partial charge in [-0.15, -0.1) is 0 Å². The summed E-state index contributed by atoms with van der Waals surface area (Å²) in [6.45, 7) is 8.23. The molecule has 1 spiro atoms. The fraction of sp³-hybridized carbons (Fsp3) is 0.484. The zero-order valence-electron chi connectivity index (χ0n) is 26.3. The lowest BCUT2D eigenvalue weighted by molar-refractivity contribution is -0.0486. The number of nitrogens with one attached hydrogen (secondary N) is 1. The van der Waals surface area contributed by atoms with Crippen LogP contribution in [0, 0.1) is 11.6 Å². The Morgan fingerprint density at radius 2 is 1.87 bits per heavy atom. The van der Waals surface area contributed by atoms with Gasteiger partial charge in [0.2, 0.25) is 0 Å². The lowest BCUT2D eigenvalue weighted by Gasteiger charge is -2.39. The summed E-state index contributed by atoms with van der Waals surface area (Å²) in [6.07, 6.45) is 2.68. The second kappa shape index (κ2) is 12.3. The van der Waals surface area contributed by atoms with Gasteiger partial charge in [0.25, 0.3) is 5.56 Å². The lowest BCUT2D eigenvalue weighted by atomic mass is 9.87. The van der Waals surface area contributed by atoms with E-state index in [2.05, 4.69) is 4.98 Å². The van der Waals surface area contributed by atoms with Crippen molar-refractivity contribution in [3.63, 3.8) is 0 Å². The maximum atomic E-state index is 15.4. The minimum Gasteiger partial charge on any atom is -0.444 e. The first-order valence-corrected chi connectivity index (χ1v) is 16.4. The van der Waals surface area contributed by atoms with Gasteiger partial charge < -0.3 is 14.4 Å². The van der Waals surface area contributed by atoms with Crippen LogP contribution in [0.3, 0.4) is 0 Å². The lowest BCUT2D eigenvalue weighted by Crippen LogP contribution is -2.48. The number of benzene rings is 2. The zero-order chi connectivity index (χ0) is 33.6. The standard InChI is InChI=1S/C31H37F2N5O7S/c1-6-36(5)46(42,43)35-24-10-8-22(32)25(26(24)33)27(39)19-7-9-23-21(15-19)28(40)38(18-34-23)20-16-31(44-17-20)11-13-37(14-12-31)29(41)45-30(2,3)4/h7-10,15,18,20,35H,6,11-14,16-17H2,1-5H3/t20-/m1/s1. The summed E-state index contributed by atoms with van der Waals surface area (Å²) in [5, 5.41) is 0.0660. The third kappa shape index (κ3) is 6.62. The second-order valence-electron chi connectivity index (χ2n) is 12.6. The minimum atomic E-state index is -4.15. The van der Waals surface area contributed by atoms with Gasteiger partial charge >= 0.3 is 16.3 Å². The van der Waals surface area contributed by atoms with Gasteiger partial charge in [0.1, 0.15) is 11.4 Å². The quantitative estimate of drug-likeness (QED) is 0.371. The van der Waals surface area contributed by atoms with E-state index in [9.17, 15) is 27.2 Å². The van der Waals surface area contributed by atoms with Gasteiger partial charge in [-0.05, 0) is 70.4 Å². The number of amides is 1. The number of likely N-dealkylation sites (tertiary alicyclic amines) is 1. The zero-order valence-corrected chi connectivity index (χ0v) is 27.1. The first-order valence-electron chi connectivity index (χ1n) is 14.9. The van der Waals surface area contributed by atoms with Crippen molar-refractivity contribution < 1.29 is 36.3 Å². The van der Waals surface area contributed by atoms with Crippen molar-refractivity contribution in [3.8, 4) is 0 Å². The van der Waals surface area contributed by atoms with Gasteiger partial charge in [-0.1, -0.05) is 6.92 Å². The molecule has 3 aromatic rings. The molecule has 2 aliphatic rings. The molecule has 5 rings (SSSR count). The van der Waals surface area contributed by atoms with E-state index >= 15 is 4.39 Å². The second-order valence-corrected chi connectivity index (χ2v) is 14.4. The van der Waals surface area contributed by atoms with Gasteiger partial charge in [0.15, 0.2) is 11.6 Å². The van der Waals surface area contributed by atoms with Crippen molar-refractivity contribution >= 4 is 38.7 Å². The van der Waals surface area contributed by atoms with E-state index in [1.165, 1.54) is 36.1 Å². The van der Waals surface area contributed by atoms with Crippen LogP contribution in [0.5, 0.6) is 0 Å². The number of halogens is 2. The first kappa shape index (κ1) is 33.4. The highest BCUT2D eigenvalue weighted by molar-refractivity contribution is 7.90. The van der Waals surface area contributed by atoms with Gasteiger partial charge in [0.05, 0.1) is 46.7 Å². The minimum absolute atomic E-state index is 0.0660.